The van der Waals surface area contributed by atoms with Crippen LogP contribution >= 0.6 is 11.6 Å². The molecule has 0 aliphatic heterocycles. The fourth-order valence-electron chi connectivity index (χ4n) is 2.47. The maximum atomic E-state index is 12.2. The maximum Gasteiger partial charge on any atom is 0.141 e. The molecule has 0 radical (unpaired) electrons. The first kappa shape index (κ1) is 13.8. The van der Waals surface area contributed by atoms with Gasteiger partial charge in [-0.1, -0.05) is 66.2 Å². The number of rotatable bonds is 4. The normalized spacial score (nSPS) is 10.7. The SMILES string of the molecule is O=C(Cc1ccc(Cl)cc1)Cc1ccc2ccccc2c1. The highest BCUT2D eigenvalue weighted by Gasteiger charge is 2.06. The standard InChI is InChI=1S/C19H15ClO/c20-18-9-6-14(7-10-18)12-19(21)13-15-5-8-16-3-1-2-4-17(16)11-15/h1-11H,12-13H2. The van der Waals surface area contributed by atoms with Gasteiger partial charge in [-0.05, 0) is 34.0 Å². The van der Waals surface area contributed by atoms with Crippen LogP contribution in [0.25, 0.3) is 10.8 Å². The lowest BCUT2D eigenvalue weighted by atomic mass is 10.0. The summed E-state index contributed by atoms with van der Waals surface area (Å²) in [5.74, 6) is 0.215. The Morgan fingerprint density at radius 1 is 0.762 bits per heavy atom. The second-order valence-corrected chi connectivity index (χ2v) is 5.64. The van der Waals surface area contributed by atoms with Crippen molar-refractivity contribution in [2.45, 2.75) is 12.8 Å². The van der Waals surface area contributed by atoms with Gasteiger partial charge in [0.25, 0.3) is 0 Å². The molecule has 104 valence electrons. The van der Waals surface area contributed by atoms with Crippen LogP contribution in [0, 0.1) is 0 Å². The Morgan fingerprint density at radius 3 is 2.14 bits per heavy atom. The van der Waals surface area contributed by atoms with E-state index in [-0.39, 0.29) is 5.78 Å². The molecule has 0 aromatic heterocycles. The van der Waals surface area contributed by atoms with Gasteiger partial charge >= 0.3 is 0 Å². The van der Waals surface area contributed by atoms with Crippen molar-refractivity contribution in [2.24, 2.45) is 0 Å². The number of fused-ring (bicyclic) bond motifs is 1. The molecule has 0 aliphatic carbocycles. The highest BCUT2D eigenvalue weighted by molar-refractivity contribution is 6.30. The van der Waals surface area contributed by atoms with Crippen LogP contribution in [0.2, 0.25) is 5.02 Å². The zero-order chi connectivity index (χ0) is 14.7. The molecule has 0 atom stereocenters. The predicted molar refractivity (Wildman–Crippen MR) is 87.8 cm³/mol. The second-order valence-electron chi connectivity index (χ2n) is 5.20. The lowest BCUT2D eigenvalue weighted by Gasteiger charge is -2.04. The molecule has 0 bridgehead atoms. The predicted octanol–water partition coefficient (Wildman–Crippen LogP) is 4.85. The Kier molecular flexibility index (Phi) is 4.03. The number of carbonyl (C=O) groups excluding carboxylic acids is 1. The van der Waals surface area contributed by atoms with Gasteiger partial charge < -0.3 is 0 Å². The molecular formula is C19H15ClO. The number of Topliss-reactive ketones (excluding diaryl/α,β-unsaturated/α-hetero) is 1. The summed E-state index contributed by atoms with van der Waals surface area (Å²) >= 11 is 5.85. The molecule has 3 aromatic rings. The molecule has 1 nitrogen and oxygen atoms in total. The van der Waals surface area contributed by atoms with Crippen LogP contribution < -0.4 is 0 Å². The average molecular weight is 295 g/mol. The highest BCUT2D eigenvalue weighted by Crippen LogP contribution is 2.17. The van der Waals surface area contributed by atoms with E-state index in [2.05, 4.69) is 24.3 Å². The molecule has 0 N–H and O–H groups in total. The lowest BCUT2D eigenvalue weighted by Crippen LogP contribution is -2.06. The monoisotopic (exact) mass is 294 g/mol. The number of ketones is 1. The van der Waals surface area contributed by atoms with Crippen LogP contribution in [0.15, 0.2) is 66.7 Å². The van der Waals surface area contributed by atoms with Gasteiger partial charge in [-0.3, -0.25) is 4.79 Å². The first-order valence-corrected chi connectivity index (χ1v) is 7.32. The van der Waals surface area contributed by atoms with Crippen LogP contribution in [0.1, 0.15) is 11.1 Å². The number of carbonyl (C=O) groups is 1. The molecule has 0 aliphatic rings. The van der Waals surface area contributed by atoms with Gasteiger partial charge in [0.2, 0.25) is 0 Å². The summed E-state index contributed by atoms with van der Waals surface area (Å²) in [7, 11) is 0. The van der Waals surface area contributed by atoms with Gasteiger partial charge in [-0.2, -0.15) is 0 Å². The summed E-state index contributed by atoms with van der Waals surface area (Å²) in [4.78, 5) is 12.2. The fraction of sp³-hybridized carbons (Fsp3) is 0.105. The third-order valence-electron chi connectivity index (χ3n) is 3.53. The van der Waals surface area contributed by atoms with E-state index in [1.165, 1.54) is 10.8 Å². The van der Waals surface area contributed by atoms with Crippen LogP contribution in [0.3, 0.4) is 0 Å². The topological polar surface area (TPSA) is 17.1 Å². The van der Waals surface area contributed by atoms with Crippen molar-refractivity contribution >= 4 is 28.2 Å². The number of hydrogen-bond donors (Lipinski definition) is 0. The molecule has 0 heterocycles. The number of benzene rings is 3. The Labute approximate surface area is 129 Å². The molecule has 0 saturated heterocycles. The van der Waals surface area contributed by atoms with E-state index < -0.39 is 0 Å². The first-order valence-electron chi connectivity index (χ1n) is 6.94. The second kappa shape index (κ2) is 6.11. The van der Waals surface area contributed by atoms with Gasteiger partial charge in [-0.25, -0.2) is 0 Å². The molecule has 3 aromatic carbocycles. The van der Waals surface area contributed by atoms with Crippen molar-refractivity contribution < 1.29 is 4.79 Å². The van der Waals surface area contributed by atoms with Crippen LogP contribution in [-0.4, -0.2) is 5.78 Å². The summed E-state index contributed by atoms with van der Waals surface area (Å²) in [5, 5.41) is 3.07. The summed E-state index contributed by atoms with van der Waals surface area (Å²) in [6.45, 7) is 0. The summed E-state index contributed by atoms with van der Waals surface area (Å²) in [5.41, 5.74) is 2.07. The molecule has 0 fully saturated rings. The van der Waals surface area contributed by atoms with Crippen molar-refractivity contribution in [3.05, 3.63) is 82.9 Å². The van der Waals surface area contributed by atoms with E-state index in [4.69, 9.17) is 11.6 Å². The quantitative estimate of drug-likeness (QED) is 0.672. The minimum absolute atomic E-state index is 0.215. The zero-order valence-corrected chi connectivity index (χ0v) is 12.3. The third-order valence-corrected chi connectivity index (χ3v) is 3.78. The van der Waals surface area contributed by atoms with Crippen molar-refractivity contribution in [1.82, 2.24) is 0 Å². The van der Waals surface area contributed by atoms with Gasteiger partial charge in [-0.15, -0.1) is 0 Å². The zero-order valence-electron chi connectivity index (χ0n) is 11.6. The van der Waals surface area contributed by atoms with E-state index in [9.17, 15) is 4.79 Å². The molecule has 21 heavy (non-hydrogen) atoms. The minimum atomic E-state index is 0.215. The van der Waals surface area contributed by atoms with E-state index in [1.807, 2.05) is 42.5 Å². The Morgan fingerprint density at radius 2 is 1.38 bits per heavy atom. The Balaban J connectivity index is 1.72. The molecule has 0 unspecified atom stereocenters. The first-order chi connectivity index (χ1) is 10.2. The van der Waals surface area contributed by atoms with Crippen molar-refractivity contribution in [2.75, 3.05) is 0 Å². The molecular weight excluding hydrogens is 280 g/mol. The Hall–Kier alpha value is -2.12. The lowest BCUT2D eigenvalue weighted by molar-refractivity contribution is -0.117. The largest absolute Gasteiger partial charge is 0.299 e. The minimum Gasteiger partial charge on any atom is -0.299 e. The summed E-state index contributed by atoms with van der Waals surface area (Å²) < 4.78 is 0. The average Bonchev–Trinajstić information content (AvgIpc) is 2.49. The van der Waals surface area contributed by atoms with Gasteiger partial charge in [0, 0.05) is 17.9 Å². The Bertz CT molecular complexity index is 775. The van der Waals surface area contributed by atoms with E-state index >= 15 is 0 Å². The van der Waals surface area contributed by atoms with E-state index in [0.29, 0.717) is 17.9 Å². The number of halogens is 1. The molecule has 3 rings (SSSR count). The third kappa shape index (κ3) is 3.50. The molecule has 2 heteroatoms. The summed E-state index contributed by atoms with van der Waals surface area (Å²) in [6, 6.07) is 21.8. The van der Waals surface area contributed by atoms with E-state index in [0.717, 1.165) is 11.1 Å². The van der Waals surface area contributed by atoms with Crippen molar-refractivity contribution in [3.63, 3.8) is 0 Å². The highest BCUT2D eigenvalue weighted by atomic mass is 35.5. The van der Waals surface area contributed by atoms with Crippen LogP contribution in [0.5, 0.6) is 0 Å². The van der Waals surface area contributed by atoms with Gasteiger partial charge in [0.05, 0.1) is 0 Å². The number of hydrogen-bond acceptors (Lipinski definition) is 1. The van der Waals surface area contributed by atoms with Crippen molar-refractivity contribution in [3.8, 4) is 0 Å². The van der Waals surface area contributed by atoms with Crippen LogP contribution in [-0.2, 0) is 17.6 Å². The van der Waals surface area contributed by atoms with Gasteiger partial charge in [0.15, 0.2) is 0 Å². The van der Waals surface area contributed by atoms with Crippen LogP contribution in [0.4, 0.5) is 0 Å². The van der Waals surface area contributed by atoms with Gasteiger partial charge in [0.1, 0.15) is 5.78 Å². The smallest absolute Gasteiger partial charge is 0.141 e. The summed E-state index contributed by atoms with van der Waals surface area (Å²) in [6.07, 6.45) is 0.914. The molecule has 0 amide bonds. The van der Waals surface area contributed by atoms with Crippen molar-refractivity contribution in [1.29, 1.82) is 0 Å². The maximum absolute atomic E-state index is 12.2. The fourth-order valence-corrected chi connectivity index (χ4v) is 2.59. The molecule has 0 spiro atoms. The van der Waals surface area contributed by atoms with E-state index in [1.54, 1.807) is 0 Å². The molecule has 0 saturated carbocycles.